The molecule has 0 atom stereocenters. The zero-order valence-electron chi connectivity index (χ0n) is 13.0. The van der Waals surface area contributed by atoms with Crippen LogP contribution in [0, 0.1) is 0 Å². The van der Waals surface area contributed by atoms with Gasteiger partial charge in [0, 0.05) is 0 Å². The van der Waals surface area contributed by atoms with Gasteiger partial charge in [-0.25, -0.2) is 8.42 Å². The third-order valence-electron chi connectivity index (χ3n) is 3.34. The second kappa shape index (κ2) is 6.29. The van der Waals surface area contributed by atoms with E-state index in [2.05, 4.69) is 0 Å². The molecule has 0 aliphatic rings. The molecule has 0 saturated carbocycles. The molecule has 0 radical (unpaired) electrons. The summed E-state index contributed by atoms with van der Waals surface area (Å²) in [5, 5.41) is -6.77. The van der Waals surface area contributed by atoms with Gasteiger partial charge in [-0.3, -0.25) is 0 Å². The first kappa shape index (κ1) is 22.5. The minimum absolute atomic E-state index is 0.0368. The van der Waals surface area contributed by atoms with Crippen molar-refractivity contribution in [3.05, 3.63) is 35.9 Å². The van der Waals surface area contributed by atoms with Crippen molar-refractivity contribution >= 4 is 10.0 Å². The first-order valence-corrected chi connectivity index (χ1v) is 8.09. The molecule has 1 aromatic carbocycles. The highest BCUT2D eigenvalue weighted by atomic mass is 32.2. The summed E-state index contributed by atoms with van der Waals surface area (Å²) >= 11 is 0. The Morgan fingerprint density at radius 1 is 0.769 bits per heavy atom. The van der Waals surface area contributed by atoms with Crippen LogP contribution in [0.1, 0.15) is 19.4 Å². The molecule has 0 spiro atoms. The Morgan fingerprint density at radius 2 is 1.19 bits per heavy atom. The summed E-state index contributed by atoms with van der Waals surface area (Å²) in [5.41, 5.74) is -2.06. The van der Waals surface area contributed by atoms with Gasteiger partial charge in [-0.15, -0.1) is 0 Å². The van der Waals surface area contributed by atoms with Crippen LogP contribution in [0.3, 0.4) is 0 Å². The monoisotopic (exact) mass is 417 g/mol. The largest absolute Gasteiger partial charge is 0.460 e. The lowest BCUT2D eigenvalue weighted by molar-refractivity contribution is -0.382. The predicted molar refractivity (Wildman–Crippen MR) is 72.4 cm³/mol. The molecule has 0 amide bonds. The van der Waals surface area contributed by atoms with Crippen LogP contribution in [-0.2, 0) is 15.6 Å². The molecule has 13 heteroatoms. The molecule has 0 fully saturated rings. The molecular weight excluding hydrogens is 405 g/mol. The van der Waals surface area contributed by atoms with E-state index in [0.717, 1.165) is 18.6 Å². The number of rotatable bonds is 6. The first-order valence-electron chi connectivity index (χ1n) is 6.60. The standard InChI is InChI=1S/C13H12F9NO2S/c1-9(2,8-6-4-3-5-7-8)23-26(24,25)13(21,22)11(16,17)10(14,15)12(18,19)20/h3-7,23H,1-2H3. The van der Waals surface area contributed by atoms with Crippen LogP contribution in [0.5, 0.6) is 0 Å². The second-order valence-electron chi connectivity index (χ2n) is 5.76. The Balaban J connectivity index is 3.38. The molecule has 1 N–H and O–H groups in total. The molecule has 0 saturated heterocycles. The van der Waals surface area contributed by atoms with E-state index in [-0.39, 0.29) is 5.56 Å². The first-order chi connectivity index (χ1) is 11.3. The maximum atomic E-state index is 13.7. The fourth-order valence-corrected chi connectivity index (χ4v) is 3.23. The van der Waals surface area contributed by atoms with Crippen molar-refractivity contribution in [3.63, 3.8) is 0 Å². The van der Waals surface area contributed by atoms with Crippen LogP contribution in [-0.4, -0.2) is 31.7 Å². The zero-order valence-corrected chi connectivity index (χ0v) is 13.8. The maximum absolute atomic E-state index is 13.7. The minimum Gasteiger partial charge on any atom is -0.206 e. The van der Waals surface area contributed by atoms with E-state index in [1.54, 1.807) is 0 Å². The van der Waals surface area contributed by atoms with Gasteiger partial charge in [0.05, 0.1) is 5.54 Å². The minimum atomic E-state index is -7.30. The summed E-state index contributed by atoms with van der Waals surface area (Å²) in [4.78, 5) is 0. The molecule has 0 bridgehead atoms. The van der Waals surface area contributed by atoms with Crippen LogP contribution >= 0.6 is 0 Å². The second-order valence-corrected chi connectivity index (χ2v) is 7.48. The van der Waals surface area contributed by atoms with Gasteiger partial charge in [0.25, 0.3) is 10.0 Å². The lowest BCUT2D eigenvalue weighted by Gasteiger charge is -2.35. The van der Waals surface area contributed by atoms with E-state index < -0.39 is 38.8 Å². The van der Waals surface area contributed by atoms with E-state index in [1.165, 1.54) is 30.3 Å². The van der Waals surface area contributed by atoms with Crippen molar-refractivity contribution in [2.45, 2.75) is 42.7 Å². The van der Waals surface area contributed by atoms with Gasteiger partial charge in [0.15, 0.2) is 0 Å². The number of hydrogen-bond acceptors (Lipinski definition) is 2. The summed E-state index contributed by atoms with van der Waals surface area (Å²) < 4.78 is 140. The van der Waals surface area contributed by atoms with Crippen LogP contribution in [0.15, 0.2) is 30.3 Å². The number of sulfonamides is 1. The maximum Gasteiger partial charge on any atom is 0.460 e. The van der Waals surface area contributed by atoms with E-state index in [4.69, 9.17) is 0 Å². The highest BCUT2D eigenvalue weighted by Crippen LogP contribution is 2.54. The fraction of sp³-hybridized carbons (Fsp3) is 0.538. The summed E-state index contributed by atoms with van der Waals surface area (Å²) in [6.45, 7) is 1.85. The van der Waals surface area contributed by atoms with E-state index in [9.17, 15) is 47.9 Å². The third-order valence-corrected chi connectivity index (χ3v) is 5.05. The molecule has 0 unspecified atom stereocenters. The van der Waals surface area contributed by atoms with Gasteiger partial charge in [0.1, 0.15) is 0 Å². The molecule has 0 aliphatic carbocycles. The van der Waals surface area contributed by atoms with Crippen LogP contribution in [0.4, 0.5) is 39.5 Å². The molecule has 0 heterocycles. The average molecular weight is 417 g/mol. The van der Waals surface area contributed by atoms with Gasteiger partial charge >= 0.3 is 23.3 Å². The van der Waals surface area contributed by atoms with Crippen molar-refractivity contribution in [1.82, 2.24) is 4.72 Å². The molecule has 26 heavy (non-hydrogen) atoms. The number of hydrogen-bond donors (Lipinski definition) is 1. The topological polar surface area (TPSA) is 46.2 Å². The normalized spacial score (nSPS) is 15.2. The number of halogens is 9. The number of benzene rings is 1. The number of nitrogens with one attached hydrogen (secondary N) is 1. The SMILES string of the molecule is CC(C)(NS(=O)(=O)C(F)(F)C(F)(F)C(F)(F)C(F)(F)F)c1ccccc1. The van der Waals surface area contributed by atoms with Gasteiger partial charge in [0.2, 0.25) is 0 Å². The van der Waals surface area contributed by atoms with E-state index >= 15 is 0 Å². The number of alkyl halides is 9. The van der Waals surface area contributed by atoms with E-state index in [1.807, 2.05) is 0 Å². The van der Waals surface area contributed by atoms with Gasteiger partial charge in [-0.2, -0.15) is 44.2 Å². The fourth-order valence-electron chi connectivity index (χ4n) is 1.84. The molecule has 0 aliphatic heterocycles. The van der Waals surface area contributed by atoms with E-state index in [0.29, 0.717) is 0 Å². The highest BCUT2D eigenvalue weighted by Gasteiger charge is 2.85. The predicted octanol–water partition coefficient (Wildman–Crippen LogP) is 4.27. The molecule has 1 rings (SSSR count). The third kappa shape index (κ3) is 3.50. The van der Waals surface area contributed by atoms with Crippen molar-refractivity contribution in [3.8, 4) is 0 Å². The zero-order chi connectivity index (χ0) is 20.8. The van der Waals surface area contributed by atoms with Crippen molar-refractivity contribution in [2.24, 2.45) is 0 Å². The van der Waals surface area contributed by atoms with Gasteiger partial charge < -0.3 is 0 Å². The van der Waals surface area contributed by atoms with Gasteiger partial charge in [-0.05, 0) is 19.4 Å². The molecule has 150 valence electrons. The summed E-state index contributed by atoms with van der Waals surface area (Å²) in [6.07, 6.45) is -7.11. The summed E-state index contributed by atoms with van der Waals surface area (Å²) in [5.74, 6) is -14.6. The van der Waals surface area contributed by atoms with Crippen LogP contribution in [0.2, 0.25) is 0 Å². The van der Waals surface area contributed by atoms with Crippen molar-refractivity contribution in [1.29, 1.82) is 0 Å². The quantitative estimate of drug-likeness (QED) is 0.703. The lowest BCUT2D eigenvalue weighted by Crippen LogP contribution is -2.66. The summed E-state index contributed by atoms with van der Waals surface area (Å²) in [6, 6.07) is 6.50. The van der Waals surface area contributed by atoms with Crippen molar-refractivity contribution < 1.29 is 47.9 Å². The average Bonchev–Trinajstić information content (AvgIpc) is 2.45. The van der Waals surface area contributed by atoms with Crippen LogP contribution < -0.4 is 4.72 Å². The molecular formula is C13H12F9NO2S. The lowest BCUT2D eigenvalue weighted by atomic mass is 9.96. The Hall–Kier alpha value is -1.50. The van der Waals surface area contributed by atoms with Gasteiger partial charge in [-0.1, -0.05) is 30.3 Å². The smallest absolute Gasteiger partial charge is 0.206 e. The van der Waals surface area contributed by atoms with Crippen molar-refractivity contribution in [2.75, 3.05) is 0 Å². The highest BCUT2D eigenvalue weighted by molar-refractivity contribution is 7.90. The Labute approximate surface area is 142 Å². The molecule has 3 nitrogen and oxygen atoms in total. The molecule has 1 aromatic rings. The Kier molecular flexibility index (Phi) is 5.45. The summed E-state index contributed by atoms with van der Waals surface area (Å²) in [7, 11) is -6.68. The Bertz CT molecular complexity index is 743. The molecule has 0 aromatic heterocycles. The van der Waals surface area contributed by atoms with Crippen LogP contribution in [0.25, 0.3) is 0 Å². The Morgan fingerprint density at radius 3 is 1.58 bits per heavy atom.